The second kappa shape index (κ2) is 8.59. The Morgan fingerprint density at radius 3 is 2.75 bits per heavy atom. The van der Waals surface area contributed by atoms with Gasteiger partial charge in [-0.2, -0.15) is 0 Å². The van der Waals surface area contributed by atoms with Crippen molar-refractivity contribution < 1.29 is 9.72 Å². The number of amides is 1. The van der Waals surface area contributed by atoms with Crippen molar-refractivity contribution in [2.75, 3.05) is 26.7 Å². The van der Waals surface area contributed by atoms with Gasteiger partial charge in [0.15, 0.2) is 0 Å². The van der Waals surface area contributed by atoms with Gasteiger partial charge in [0.2, 0.25) is 5.91 Å². The molecule has 0 radical (unpaired) electrons. The number of piperidine rings is 1. The van der Waals surface area contributed by atoms with E-state index in [1.165, 1.54) is 18.2 Å². The molecule has 1 saturated heterocycles. The minimum Gasteiger partial charge on any atom is -0.339 e. The van der Waals surface area contributed by atoms with Crippen LogP contribution in [-0.2, 0) is 4.79 Å². The molecular weight excluding hydrogens is 306 g/mol. The summed E-state index contributed by atoms with van der Waals surface area (Å²) in [6, 6.07) is 6.54. The lowest BCUT2D eigenvalue weighted by Gasteiger charge is -2.36. The van der Waals surface area contributed by atoms with Crippen LogP contribution >= 0.6 is 0 Å². The fourth-order valence-corrected chi connectivity index (χ4v) is 3.05. The predicted octanol–water partition coefficient (Wildman–Crippen LogP) is 2.94. The first-order valence-corrected chi connectivity index (χ1v) is 8.43. The molecule has 0 aliphatic carbocycles. The van der Waals surface area contributed by atoms with Gasteiger partial charge < -0.3 is 9.80 Å². The van der Waals surface area contributed by atoms with Crippen LogP contribution in [0.3, 0.4) is 0 Å². The number of benzene rings is 1. The second-order valence-corrected chi connectivity index (χ2v) is 6.21. The van der Waals surface area contributed by atoms with Crippen LogP contribution in [0.15, 0.2) is 30.3 Å². The molecule has 6 heteroatoms. The average Bonchev–Trinajstić information content (AvgIpc) is 2.60. The highest BCUT2D eigenvalue weighted by Crippen LogP contribution is 2.17. The van der Waals surface area contributed by atoms with Crippen molar-refractivity contribution in [3.05, 3.63) is 46.0 Å². The molecule has 0 atom stereocenters. The third-order valence-corrected chi connectivity index (χ3v) is 4.49. The summed E-state index contributed by atoms with van der Waals surface area (Å²) < 4.78 is 0. The van der Waals surface area contributed by atoms with Crippen LogP contribution in [0.2, 0.25) is 0 Å². The van der Waals surface area contributed by atoms with Gasteiger partial charge in [0.1, 0.15) is 0 Å². The highest BCUT2D eigenvalue weighted by atomic mass is 16.6. The van der Waals surface area contributed by atoms with E-state index in [4.69, 9.17) is 0 Å². The average molecular weight is 331 g/mol. The molecule has 0 bridgehead atoms. The van der Waals surface area contributed by atoms with E-state index < -0.39 is 4.92 Å². The lowest BCUT2D eigenvalue weighted by molar-refractivity contribution is -0.384. The topological polar surface area (TPSA) is 66.7 Å². The molecule has 1 fully saturated rings. The Labute approximate surface area is 142 Å². The number of likely N-dealkylation sites (tertiary alicyclic amines) is 1. The van der Waals surface area contributed by atoms with Gasteiger partial charge in [0.25, 0.3) is 5.69 Å². The summed E-state index contributed by atoms with van der Waals surface area (Å²) in [5.41, 5.74) is 0.685. The first-order chi connectivity index (χ1) is 11.5. The van der Waals surface area contributed by atoms with Crippen LogP contribution in [0.1, 0.15) is 31.7 Å². The lowest BCUT2D eigenvalue weighted by Crippen LogP contribution is -2.45. The monoisotopic (exact) mass is 331 g/mol. The number of nitro groups is 1. The molecule has 0 unspecified atom stereocenters. The van der Waals surface area contributed by atoms with Gasteiger partial charge in [-0.15, -0.1) is 0 Å². The van der Waals surface area contributed by atoms with Crippen molar-refractivity contribution in [2.24, 2.45) is 0 Å². The van der Waals surface area contributed by atoms with Crippen molar-refractivity contribution in [3.63, 3.8) is 0 Å². The maximum absolute atomic E-state index is 12.3. The third-order valence-electron chi connectivity index (χ3n) is 4.49. The van der Waals surface area contributed by atoms with Crippen molar-refractivity contribution in [1.29, 1.82) is 0 Å². The molecule has 0 spiro atoms. The Morgan fingerprint density at radius 1 is 1.42 bits per heavy atom. The number of likely N-dealkylation sites (N-methyl/N-ethyl adjacent to an activating group) is 1. The molecule has 1 aliphatic rings. The van der Waals surface area contributed by atoms with E-state index in [-0.39, 0.29) is 17.6 Å². The molecule has 1 aromatic rings. The first kappa shape index (κ1) is 18.1. The predicted molar refractivity (Wildman–Crippen MR) is 94.7 cm³/mol. The molecule has 6 nitrogen and oxygen atoms in total. The molecule has 0 saturated carbocycles. The van der Waals surface area contributed by atoms with E-state index in [1.807, 2.05) is 7.05 Å². The largest absolute Gasteiger partial charge is 0.339 e. The molecule has 1 heterocycles. The zero-order chi connectivity index (χ0) is 17.5. The van der Waals surface area contributed by atoms with Crippen LogP contribution in [0, 0.1) is 10.1 Å². The van der Waals surface area contributed by atoms with Gasteiger partial charge in [-0.05, 0) is 37.4 Å². The normalized spacial score (nSPS) is 16.4. The summed E-state index contributed by atoms with van der Waals surface area (Å²) >= 11 is 0. The molecule has 1 aliphatic heterocycles. The van der Waals surface area contributed by atoms with Gasteiger partial charge in [-0.25, -0.2) is 0 Å². The molecule has 130 valence electrons. The molecular formula is C18H25N3O3. The van der Waals surface area contributed by atoms with E-state index in [9.17, 15) is 14.9 Å². The van der Waals surface area contributed by atoms with Gasteiger partial charge in [-0.1, -0.05) is 19.1 Å². The molecule has 24 heavy (non-hydrogen) atoms. The van der Waals surface area contributed by atoms with E-state index >= 15 is 0 Å². The molecule has 0 aromatic heterocycles. The number of nitro benzene ring substituents is 1. The first-order valence-electron chi connectivity index (χ1n) is 8.43. The highest BCUT2D eigenvalue weighted by molar-refractivity contribution is 5.91. The van der Waals surface area contributed by atoms with Crippen molar-refractivity contribution >= 4 is 17.7 Å². The smallest absolute Gasteiger partial charge is 0.270 e. The summed E-state index contributed by atoms with van der Waals surface area (Å²) in [4.78, 5) is 26.9. The van der Waals surface area contributed by atoms with E-state index in [0.29, 0.717) is 5.56 Å². The summed E-state index contributed by atoms with van der Waals surface area (Å²) in [6.45, 7) is 5.37. The molecule has 1 aromatic carbocycles. The fourth-order valence-electron chi connectivity index (χ4n) is 3.05. The van der Waals surface area contributed by atoms with Crippen molar-refractivity contribution in [3.8, 4) is 0 Å². The van der Waals surface area contributed by atoms with Crippen LogP contribution in [0.5, 0.6) is 0 Å². The van der Waals surface area contributed by atoms with Gasteiger partial charge in [0, 0.05) is 44.4 Å². The summed E-state index contributed by atoms with van der Waals surface area (Å²) in [5, 5.41) is 10.8. The van der Waals surface area contributed by atoms with Crippen LogP contribution in [-0.4, -0.2) is 53.4 Å². The van der Waals surface area contributed by atoms with Crippen LogP contribution in [0.4, 0.5) is 5.69 Å². The Balaban J connectivity index is 1.92. The zero-order valence-corrected chi connectivity index (χ0v) is 14.4. The standard InChI is InChI=1S/C18H25N3O3/c1-3-11-20-12-9-16(10-13-20)19(2)18(22)8-7-15-5-4-6-17(14-15)21(23)24/h4-8,14,16H,3,9-13H2,1-2H3. The van der Waals surface area contributed by atoms with Crippen LogP contribution in [0.25, 0.3) is 6.08 Å². The van der Waals surface area contributed by atoms with E-state index in [2.05, 4.69) is 11.8 Å². The van der Waals surface area contributed by atoms with Crippen molar-refractivity contribution in [1.82, 2.24) is 9.80 Å². The minimum atomic E-state index is -0.435. The molecule has 1 amide bonds. The quantitative estimate of drug-likeness (QED) is 0.457. The molecule has 0 N–H and O–H groups in total. The fraction of sp³-hybridized carbons (Fsp3) is 0.500. The zero-order valence-electron chi connectivity index (χ0n) is 14.4. The van der Waals surface area contributed by atoms with Gasteiger partial charge >= 0.3 is 0 Å². The number of non-ortho nitro benzene ring substituents is 1. The highest BCUT2D eigenvalue weighted by Gasteiger charge is 2.23. The number of carbonyl (C=O) groups excluding carboxylic acids is 1. The van der Waals surface area contributed by atoms with E-state index in [1.54, 1.807) is 23.1 Å². The Kier molecular flexibility index (Phi) is 6.49. The summed E-state index contributed by atoms with van der Waals surface area (Å²) in [7, 11) is 1.83. The number of carbonyl (C=O) groups is 1. The van der Waals surface area contributed by atoms with Crippen LogP contribution < -0.4 is 0 Å². The number of hydrogen-bond acceptors (Lipinski definition) is 4. The summed E-state index contributed by atoms with van der Waals surface area (Å²) in [5.74, 6) is -0.0598. The van der Waals surface area contributed by atoms with Gasteiger partial charge in [0.05, 0.1) is 4.92 Å². The maximum Gasteiger partial charge on any atom is 0.270 e. The van der Waals surface area contributed by atoms with E-state index in [0.717, 1.165) is 38.9 Å². The second-order valence-electron chi connectivity index (χ2n) is 6.21. The maximum atomic E-state index is 12.3. The van der Waals surface area contributed by atoms with Crippen molar-refractivity contribution in [2.45, 2.75) is 32.2 Å². The minimum absolute atomic E-state index is 0.0289. The Hall–Kier alpha value is -2.21. The van der Waals surface area contributed by atoms with Gasteiger partial charge in [-0.3, -0.25) is 14.9 Å². The Morgan fingerprint density at radius 2 is 2.12 bits per heavy atom. The third kappa shape index (κ3) is 4.89. The summed E-state index contributed by atoms with van der Waals surface area (Å²) in [6.07, 6.45) is 6.28. The number of nitrogens with zero attached hydrogens (tertiary/aromatic N) is 3. The number of rotatable bonds is 6. The lowest BCUT2D eigenvalue weighted by atomic mass is 10.0. The number of hydrogen-bond donors (Lipinski definition) is 0. The Bertz CT molecular complexity index is 607. The molecule has 2 rings (SSSR count). The SMILES string of the molecule is CCCN1CCC(N(C)C(=O)C=Cc2cccc([N+](=O)[O-])c2)CC1.